The number of rotatable bonds is 6. The van der Waals surface area contributed by atoms with Crippen LogP contribution in [0.5, 0.6) is 5.75 Å². The topological polar surface area (TPSA) is 72.5 Å². The van der Waals surface area contributed by atoms with Gasteiger partial charge in [-0.2, -0.15) is 0 Å². The van der Waals surface area contributed by atoms with Crippen LogP contribution >= 0.6 is 0 Å². The lowest BCUT2D eigenvalue weighted by molar-refractivity contribution is 0.0558. The largest absolute Gasteiger partial charge is 0.490 e. The van der Waals surface area contributed by atoms with Crippen LogP contribution < -0.4 is 15.4 Å². The predicted molar refractivity (Wildman–Crippen MR) is 99.3 cm³/mol. The molecule has 0 spiro atoms. The number of nitrogens with zero attached hydrogens (tertiary/aromatic N) is 1. The first-order valence-electron chi connectivity index (χ1n) is 8.50. The lowest BCUT2D eigenvalue weighted by Gasteiger charge is -2.27. The number of hydrogen-bond acceptors (Lipinski definition) is 6. The highest BCUT2D eigenvalue weighted by molar-refractivity contribution is 5.95. The van der Waals surface area contributed by atoms with E-state index in [-0.39, 0.29) is 6.61 Å². The second-order valence-corrected chi connectivity index (χ2v) is 5.83. The molecule has 1 aromatic heterocycles. The van der Waals surface area contributed by atoms with E-state index in [4.69, 9.17) is 9.47 Å². The molecule has 2 aromatic rings. The van der Waals surface area contributed by atoms with E-state index in [9.17, 15) is 4.79 Å². The van der Waals surface area contributed by atoms with Crippen molar-refractivity contribution in [2.24, 2.45) is 0 Å². The third-order valence-electron chi connectivity index (χ3n) is 4.01. The molecule has 6 heteroatoms. The number of carbonyl (C=O) groups excluding carboxylic acids is 1. The molecule has 0 radical (unpaired) electrons. The first-order chi connectivity index (χ1) is 12.8. The van der Waals surface area contributed by atoms with Crippen molar-refractivity contribution < 1.29 is 14.3 Å². The monoisotopic (exact) mass is 351 g/mol. The maximum atomic E-state index is 12.1. The first kappa shape index (κ1) is 17.8. The summed E-state index contributed by atoms with van der Waals surface area (Å²) in [5.41, 5.74) is 1.93. The van der Waals surface area contributed by atoms with Crippen LogP contribution in [-0.2, 0) is 4.74 Å². The van der Waals surface area contributed by atoms with Crippen LogP contribution in [0, 0.1) is 11.8 Å². The second-order valence-electron chi connectivity index (χ2n) is 5.83. The van der Waals surface area contributed by atoms with Crippen LogP contribution in [0.2, 0.25) is 0 Å². The van der Waals surface area contributed by atoms with Crippen molar-refractivity contribution in [2.45, 2.75) is 12.5 Å². The summed E-state index contributed by atoms with van der Waals surface area (Å²) in [4.78, 5) is 16.2. The van der Waals surface area contributed by atoms with Crippen molar-refractivity contribution in [1.29, 1.82) is 0 Å². The van der Waals surface area contributed by atoms with Gasteiger partial charge >= 0.3 is 5.97 Å². The highest BCUT2D eigenvalue weighted by atomic mass is 16.5. The van der Waals surface area contributed by atoms with E-state index in [1.165, 1.54) is 0 Å². The summed E-state index contributed by atoms with van der Waals surface area (Å²) in [5, 5.41) is 6.24. The zero-order valence-electron chi connectivity index (χ0n) is 14.6. The molecule has 1 fully saturated rings. The van der Waals surface area contributed by atoms with E-state index in [0.717, 1.165) is 24.2 Å². The summed E-state index contributed by atoms with van der Waals surface area (Å²) >= 11 is 0. The molecule has 26 heavy (non-hydrogen) atoms. The fourth-order valence-electron chi connectivity index (χ4n) is 2.45. The Kier molecular flexibility index (Phi) is 6.07. The molecule has 0 aliphatic carbocycles. The van der Waals surface area contributed by atoms with Gasteiger partial charge in [0.05, 0.1) is 11.8 Å². The van der Waals surface area contributed by atoms with Crippen LogP contribution in [0.3, 0.4) is 0 Å². The van der Waals surface area contributed by atoms with Gasteiger partial charge in [0.1, 0.15) is 12.4 Å². The highest BCUT2D eigenvalue weighted by Crippen LogP contribution is 2.15. The van der Waals surface area contributed by atoms with Gasteiger partial charge in [0.15, 0.2) is 6.61 Å². The molecule has 134 valence electrons. The maximum Gasteiger partial charge on any atom is 0.341 e. The Morgan fingerprint density at radius 2 is 2.23 bits per heavy atom. The average Bonchev–Trinajstić information content (AvgIpc) is 2.64. The minimum Gasteiger partial charge on any atom is -0.490 e. The van der Waals surface area contributed by atoms with Crippen LogP contribution in [0.25, 0.3) is 0 Å². The second kappa shape index (κ2) is 8.88. The number of carbonyl (C=O) groups is 1. The molecule has 2 N–H and O–H groups in total. The molecule has 0 bridgehead atoms. The van der Waals surface area contributed by atoms with Gasteiger partial charge in [-0.15, -0.1) is 0 Å². The Bertz CT molecular complexity index is 822. The molecule has 1 atom stereocenters. The van der Waals surface area contributed by atoms with Gasteiger partial charge < -0.3 is 20.1 Å². The number of para-hydroxylation sites is 1. The average molecular weight is 351 g/mol. The summed E-state index contributed by atoms with van der Waals surface area (Å²) < 4.78 is 10.9. The Morgan fingerprint density at radius 3 is 3.00 bits per heavy atom. The number of aromatic nitrogens is 1. The van der Waals surface area contributed by atoms with Crippen molar-refractivity contribution in [3.8, 4) is 17.6 Å². The molecule has 1 aliphatic rings. The molecule has 0 unspecified atom stereocenters. The summed E-state index contributed by atoms with van der Waals surface area (Å²) in [6.45, 7) is 1.68. The lowest BCUT2D eigenvalue weighted by atomic mass is 10.1. The third kappa shape index (κ3) is 4.74. The molecule has 0 amide bonds. The first-order valence-corrected chi connectivity index (χ1v) is 8.50. The number of esters is 1. The Morgan fingerprint density at radius 1 is 1.38 bits per heavy atom. The van der Waals surface area contributed by atoms with Crippen LogP contribution in [0.1, 0.15) is 22.3 Å². The quantitative estimate of drug-likeness (QED) is 0.613. The van der Waals surface area contributed by atoms with Crippen molar-refractivity contribution in [2.75, 3.05) is 32.1 Å². The fourth-order valence-corrected chi connectivity index (χ4v) is 2.45. The van der Waals surface area contributed by atoms with Gasteiger partial charge in [0.25, 0.3) is 0 Å². The molecule has 2 heterocycles. The normalized spacial score (nSPS) is 15.2. The molecular formula is C20H21N3O3. The highest BCUT2D eigenvalue weighted by Gasteiger charge is 2.16. The van der Waals surface area contributed by atoms with E-state index < -0.39 is 5.97 Å². The molecule has 3 rings (SSSR count). The Balaban J connectivity index is 1.52. The molecule has 0 saturated carbocycles. The molecule has 1 aliphatic heterocycles. The maximum absolute atomic E-state index is 12.1. The number of hydrogen-bond donors (Lipinski definition) is 2. The predicted octanol–water partition coefficient (Wildman–Crippen LogP) is 2.07. The fraction of sp³-hybridized carbons (Fsp3) is 0.300. The smallest absolute Gasteiger partial charge is 0.341 e. The third-order valence-corrected chi connectivity index (χ3v) is 4.01. The van der Waals surface area contributed by atoms with Gasteiger partial charge in [0.2, 0.25) is 0 Å². The van der Waals surface area contributed by atoms with E-state index in [1.54, 1.807) is 31.6 Å². The number of ether oxygens (including phenoxy) is 2. The zero-order chi connectivity index (χ0) is 18.2. The van der Waals surface area contributed by atoms with E-state index >= 15 is 0 Å². The Labute approximate surface area is 152 Å². The summed E-state index contributed by atoms with van der Waals surface area (Å²) in [6, 6.07) is 9.42. The molecule has 1 saturated heterocycles. The van der Waals surface area contributed by atoms with Crippen molar-refractivity contribution in [3.63, 3.8) is 0 Å². The van der Waals surface area contributed by atoms with Crippen molar-refractivity contribution in [3.05, 3.63) is 53.9 Å². The zero-order valence-corrected chi connectivity index (χ0v) is 14.6. The summed E-state index contributed by atoms with van der Waals surface area (Å²) in [7, 11) is 1.76. The van der Waals surface area contributed by atoms with Crippen molar-refractivity contribution in [1.82, 2.24) is 10.3 Å². The van der Waals surface area contributed by atoms with Gasteiger partial charge in [0, 0.05) is 30.5 Å². The standard InChI is InChI=1S/C20H21N3O3/c1-21-19-7-3-2-6-18(19)20(24)25-10-4-5-15-11-17(13-22-12-15)26-14-16-8-9-23-16/h2-3,6-7,11-13,16,21,23H,8-10,14H2,1H3/t16-/m0/s1. The summed E-state index contributed by atoms with van der Waals surface area (Å²) in [6.07, 6.45) is 4.45. The van der Waals surface area contributed by atoms with Crippen LogP contribution in [-0.4, -0.2) is 43.8 Å². The number of pyridine rings is 1. The number of anilines is 1. The lowest BCUT2D eigenvalue weighted by Crippen LogP contribution is -2.46. The minimum atomic E-state index is -0.410. The minimum absolute atomic E-state index is 0.00790. The molecule has 6 nitrogen and oxygen atoms in total. The van der Waals surface area contributed by atoms with Gasteiger partial charge in [-0.05, 0) is 31.2 Å². The summed E-state index contributed by atoms with van der Waals surface area (Å²) in [5.74, 6) is 6.04. The van der Waals surface area contributed by atoms with Crippen LogP contribution in [0.15, 0.2) is 42.7 Å². The number of benzene rings is 1. The SMILES string of the molecule is CNc1ccccc1C(=O)OCC#Cc1cncc(OC[C@@H]2CCN2)c1. The van der Waals surface area contributed by atoms with Crippen molar-refractivity contribution >= 4 is 11.7 Å². The number of nitrogens with one attached hydrogen (secondary N) is 2. The van der Waals surface area contributed by atoms with E-state index in [1.807, 2.05) is 18.2 Å². The van der Waals surface area contributed by atoms with Gasteiger partial charge in [-0.25, -0.2) is 4.79 Å². The Hall–Kier alpha value is -3.04. The van der Waals surface area contributed by atoms with Gasteiger partial charge in [-0.1, -0.05) is 24.0 Å². The van der Waals surface area contributed by atoms with E-state index in [0.29, 0.717) is 24.0 Å². The molecule has 1 aromatic carbocycles. The van der Waals surface area contributed by atoms with Crippen LogP contribution in [0.4, 0.5) is 5.69 Å². The molecular weight excluding hydrogens is 330 g/mol. The van der Waals surface area contributed by atoms with E-state index in [2.05, 4.69) is 27.5 Å². The van der Waals surface area contributed by atoms with Gasteiger partial charge in [-0.3, -0.25) is 4.98 Å².